The maximum absolute atomic E-state index is 12.4. The van der Waals surface area contributed by atoms with Crippen molar-refractivity contribution in [2.45, 2.75) is 12.6 Å². The number of phenols is 1. The van der Waals surface area contributed by atoms with Crippen LogP contribution in [0.4, 0.5) is 0 Å². The smallest absolute Gasteiger partial charge is 0.330 e. The van der Waals surface area contributed by atoms with Gasteiger partial charge in [-0.05, 0) is 29.8 Å². The monoisotopic (exact) mass is 353 g/mol. The first kappa shape index (κ1) is 17.2. The first-order valence-corrected chi connectivity index (χ1v) is 7.71. The van der Waals surface area contributed by atoms with Crippen LogP contribution in [0.1, 0.15) is 11.6 Å². The first-order chi connectivity index (χ1) is 12.5. The Morgan fingerprint density at radius 3 is 2.50 bits per heavy atom. The average molecular weight is 353 g/mol. The normalized spacial score (nSPS) is 11.8. The number of benzene rings is 2. The van der Waals surface area contributed by atoms with Crippen LogP contribution in [0.2, 0.25) is 0 Å². The fourth-order valence-corrected chi connectivity index (χ4v) is 2.53. The van der Waals surface area contributed by atoms with E-state index in [1.807, 2.05) is 0 Å². The van der Waals surface area contributed by atoms with Crippen LogP contribution in [0.25, 0.3) is 10.9 Å². The zero-order valence-electron chi connectivity index (χ0n) is 13.5. The van der Waals surface area contributed by atoms with Crippen LogP contribution < -0.4 is 10.9 Å². The van der Waals surface area contributed by atoms with Gasteiger partial charge in [-0.1, -0.05) is 24.3 Å². The molecule has 1 amide bonds. The predicted molar refractivity (Wildman–Crippen MR) is 92.6 cm³/mol. The highest BCUT2D eigenvalue weighted by Crippen LogP contribution is 2.17. The Morgan fingerprint density at radius 2 is 1.81 bits per heavy atom. The number of aromatic hydroxyl groups is 1. The van der Waals surface area contributed by atoms with E-state index in [1.54, 1.807) is 24.3 Å². The van der Waals surface area contributed by atoms with Crippen LogP contribution in [0, 0.1) is 0 Å². The molecule has 0 bridgehead atoms. The number of fused-ring (bicyclic) bond motifs is 1. The molecule has 0 aliphatic rings. The Bertz CT molecular complexity index is 1030. The van der Waals surface area contributed by atoms with Crippen LogP contribution in [-0.2, 0) is 16.1 Å². The zero-order valence-corrected chi connectivity index (χ0v) is 13.5. The van der Waals surface area contributed by atoms with Gasteiger partial charge in [0, 0.05) is 0 Å². The molecule has 3 N–H and O–H groups in total. The summed E-state index contributed by atoms with van der Waals surface area (Å²) in [6.07, 6.45) is 1.25. The Hall–Kier alpha value is -3.68. The Balaban J connectivity index is 1.81. The van der Waals surface area contributed by atoms with Crippen LogP contribution in [0.15, 0.2) is 59.7 Å². The molecule has 0 saturated heterocycles. The van der Waals surface area contributed by atoms with Gasteiger partial charge >= 0.3 is 5.97 Å². The molecule has 8 heteroatoms. The molecule has 2 aromatic carbocycles. The van der Waals surface area contributed by atoms with Gasteiger partial charge in [0.1, 0.15) is 12.3 Å². The van der Waals surface area contributed by atoms with Gasteiger partial charge in [0.15, 0.2) is 6.04 Å². The summed E-state index contributed by atoms with van der Waals surface area (Å²) in [6.45, 7) is -0.363. The minimum atomic E-state index is -1.30. The highest BCUT2D eigenvalue weighted by molar-refractivity contribution is 5.84. The number of phenolic OH excluding ortho intramolecular Hbond substituents is 1. The largest absolute Gasteiger partial charge is 0.508 e. The first-order valence-electron chi connectivity index (χ1n) is 7.71. The molecule has 0 fully saturated rings. The summed E-state index contributed by atoms with van der Waals surface area (Å²) in [5, 5.41) is 21.4. The van der Waals surface area contributed by atoms with Gasteiger partial charge in [-0.2, -0.15) is 0 Å². The molecule has 1 atom stereocenters. The van der Waals surface area contributed by atoms with Crippen molar-refractivity contribution in [2.24, 2.45) is 0 Å². The number of aliphatic carboxylic acids is 1. The van der Waals surface area contributed by atoms with Crippen molar-refractivity contribution in [3.8, 4) is 5.75 Å². The third-order valence-corrected chi connectivity index (χ3v) is 3.82. The number of carboxylic acids is 1. The van der Waals surface area contributed by atoms with Crippen LogP contribution in [-0.4, -0.2) is 31.6 Å². The summed E-state index contributed by atoms with van der Waals surface area (Å²) in [6, 6.07) is 10.9. The summed E-state index contributed by atoms with van der Waals surface area (Å²) in [5.41, 5.74) is 0.427. The molecule has 3 aromatic rings. The molecule has 3 rings (SSSR count). The molecule has 26 heavy (non-hydrogen) atoms. The number of carbonyl (C=O) groups excluding carboxylic acids is 1. The van der Waals surface area contributed by atoms with E-state index in [0.29, 0.717) is 16.5 Å². The van der Waals surface area contributed by atoms with Crippen molar-refractivity contribution in [1.29, 1.82) is 0 Å². The van der Waals surface area contributed by atoms with Crippen molar-refractivity contribution in [2.75, 3.05) is 0 Å². The van der Waals surface area contributed by atoms with Crippen molar-refractivity contribution < 1.29 is 19.8 Å². The second kappa shape index (κ2) is 7.06. The third-order valence-electron chi connectivity index (χ3n) is 3.82. The fourth-order valence-electron chi connectivity index (χ4n) is 2.53. The summed E-state index contributed by atoms with van der Waals surface area (Å²) in [5.74, 6) is -1.92. The Labute approximate surface area is 147 Å². The van der Waals surface area contributed by atoms with E-state index in [2.05, 4.69) is 10.3 Å². The summed E-state index contributed by atoms with van der Waals surface area (Å²) < 4.78 is 1.12. The lowest BCUT2D eigenvalue weighted by atomic mass is 10.1. The van der Waals surface area contributed by atoms with Gasteiger partial charge in [-0.3, -0.25) is 14.2 Å². The zero-order chi connectivity index (χ0) is 18.7. The van der Waals surface area contributed by atoms with E-state index in [4.69, 9.17) is 0 Å². The second-order valence-corrected chi connectivity index (χ2v) is 5.63. The van der Waals surface area contributed by atoms with Crippen LogP contribution >= 0.6 is 0 Å². The molecule has 132 valence electrons. The standard InChI is InChI=1S/C18H15N3O5/c22-12-7-5-11(6-8-12)16(18(25)26)20-15(23)9-21-10-19-14-4-2-1-3-13(14)17(21)24/h1-8,10,16,22H,9H2,(H,20,23)(H,25,26). The molecular weight excluding hydrogens is 338 g/mol. The number of carbonyl (C=O) groups is 2. The molecular formula is C18H15N3O5. The molecule has 0 saturated carbocycles. The van der Waals surface area contributed by atoms with Crippen LogP contribution in [0.5, 0.6) is 5.75 Å². The highest BCUT2D eigenvalue weighted by Gasteiger charge is 2.22. The van der Waals surface area contributed by atoms with Crippen molar-refractivity contribution in [1.82, 2.24) is 14.9 Å². The average Bonchev–Trinajstić information content (AvgIpc) is 2.63. The minimum absolute atomic E-state index is 0.0157. The maximum Gasteiger partial charge on any atom is 0.330 e. The van der Waals surface area contributed by atoms with Crippen molar-refractivity contribution in [3.05, 3.63) is 70.8 Å². The van der Waals surface area contributed by atoms with E-state index in [-0.39, 0.29) is 17.9 Å². The minimum Gasteiger partial charge on any atom is -0.508 e. The topological polar surface area (TPSA) is 122 Å². The highest BCUT2D eigenvalue weighted by atomic mass is 16.4. The molecule has 1 aromatic heterocycles. The molecule has 0 aliphatic heterocycles. The lowest BCUT2D eigenvalue weighted by Crippen LogP contribution is -2.37. The van der Waals surface area contributed by atoms with Crippen LogP contribution in [0.3, 0.4) is 0 Å². The summed E-state index contributed by atoms with van der Waals surface area (Å²) >= 11 is 0. The van der Waals surface area contributed by atoms with E-state index >= 15 is 0 Å². The second-order valence-electron chi connectivity index (χ2n) is 5.63. The number of nitrogens with one attached hydrogen (secondary N) is 1. The number of para-hydroxylation sites is 1. The molecule has 0 spiro atoms. The summed E-state index contributed by atoms with van der Waals surface area (Å²) in [7, 11) is 0. The quantitative estimate of drug-likeness (QED) is 0.630. The number of amides is 1. The number of hydrogen-bond acceptors (Lipinski definition) is 5. The molecule has 0 aliphatic carbocycles. The number of nitrogens with zero attached hydrogens (tertiary/aromatic N) is 2. The van der Waals surface area contributed by atoms with E-state index < -0.39 is 17.9 Å². The van der Waals surface area contributed by atoms with Crippen molar-refractivity contribution in [3.63, 3.8) is 0 Å². The van der Waals surface area contributed by atoms with E-state index in [9.17, 15) is 24.6 Å². The van der Waals surface area contributed by atoms with Gasteiger partial charge in [-0.25, -0.2) is 9.78 Å². The third kappa shape index (κ3) is 3.54. The van der Waals surface area contributed by atoms with E-state index in [1.165, 1.54) is 30.6 Å². The lowest BCUT2D eigenvalue weighted by molar-refractivity contribution is -0.142. The number of carboxylic acid groups (broad SMARTS) is 1. The molecule has 0 radical (unpaired) electrons. The number of rotatable bonds is 5. The van der Waals surface area contributed by atoms with Gasteiger partial charge in [0.05, 0.1) is 17.2 Å². The maximum atomic E-state index is 12.4. The van der Waals surface area contributed by atoms with Gasteiger partial charge < -0.3 is 15.5 Å². The van der Waals surface area contributed by atoms with E-state index in [0.717, 1.165) is 4.57 Å². The van der Waals surface area contributed by atoms with Crippen molar-refractivity contribution >= 4 is 22.8 Å². The molecule has 1 heterocycles. The number of aromatic nitrogens is 2. The van der Waals surface area contributed by atoms with Gasteiger partial charge in [0.2, 0.25) is 5.91 Å². The van der Waals surface area contributed by atoms with Gasteiger partial charge in [0.25, 0.3) is 5.56 Å². The molecule has 1 unspecified atom stereocenters. The summed E-state index contributed by atoms with van der Waals surface area (Å²) in [4.78, 5) is 40.2. The SMILES string of the molecule is O=C(Cn1cnc2ccccc2c1=O)NC(C(=O)O)c1ccc(O)cc1. The van der Waals surface area contributed by atoms with Gasteiger partial charge in [-0.15, -0.1) is 0 Å². The predicted octanol–water partition coefficient (Wildman–Crippen LogP) is 1.04. The Morgan fingerprint density at radius 1 is 1.12 bits per heavy atom. The molecule has 8 nitrogen and oxygen atoms in total. The lowest BCUT2D eigenvalue weighted by Gasteiger charge is -2.15. The fraction of sp³-hybridized carbons (Fsp3) is 0.111. The number of hydrogen-bond donors (Lipinski definition) is 3. The Kier molecular flexibility index (Phi) is 4.66.